The van der Waals surface area contributed by atoms with E-state index >= 15 is 0 Å². The smallest absolute Gasteiger partial charge is 0.175 e. The molecule has 0 fully saturated rings. The Labute approximate surface area is 124 Å². The van der Waals surface area contributed by atoms with Gasteiger partial charge in [-0.3, -0.25) is 0 Å². The standard InChI is InChI=1S/C15H17NO2S2/c1-11-5-3-4-6-12(11)10-19-15-8-7-13(9-14(15)16)20(2,17)18/h3-9H,10,16H2,1-2H3. The highest BCUT2D eigenvalue weighted by Gasteiger charge is 2.10. The fraction of sp³-hybridized carbons (Fsp3) is 0.200. The van der Waals surface area contributed by atoms with Crippen molar-refractivity contribution in [3.63, 3.8) is 0 Å². The summed E-state index contributed by atoms with van der Waals surface area (Å²) in [6.07, 6.45) is 1.18. The molecule has 2 aromatic carbocycles. The second kappa shape index (κ2) is 5.89. The number of nitrogens with two attached hydrogens (primary N) is 1. The van der Waals surface area contributed by atoms with E-state index in [1.807, 2.05) is 12.1 Å². The first-order valence-electron chi connectivity index (χ1n) is 6.15. The van der Waals surface area contributed by atoms with Crippen molar-refractivity contribution >= 4 is 27.3 Å². The summed E-state index contributed by atoms with van der Waals surface area (Å²) in [6.45, 7) is 2.08. The summed E-state index contributed by atoms with van der Waals surface area (Å²) in [7, 11) is -3.21. The van der Waals surface area contributed by atoms with Gasteiger partial charge in [-0.1, -0.05) is 24.3 Å². The number of aryl methyl sites for hydroxylation is 1. The summed E-state index contributed by atoms with van der Waals surface area (Å²) in [4.78, 5) is 1.16. The van der Waals surface area contributed by atoms with Crippen LogP contribution in [0.15, 0.2) is 52.3 Å². The Morgan fingerprint density at radius 3 is 2.45 bits per heavy atom. The van der Waals surface area contributed by atoms with Crippen molar-refractivity contribution in [2.75, 3.05) is 12.0 Å². The Kier molecular flexibility index (Phi) is 4.40. The Morgan fingerprint density at radius 2 is 1.85 bits per heavy atom. The zero-order chi connectivity index (χ0) is 14.8. The molecule has 2 aromatic rings. The van der Waals surface area contributed by atoms with E-state index in [2.05, 4.69) is 19.1 Å². The third-order valence-corrected chi connectivity index (χ3v) is 5.30. The lowest BCUT2D eigenvalue weighted by atomic mass is 10.1. The zero-order valence-electron chi connectivity index (χ0n) is 11.5. The van der Waals surface area contributed by atoms with E-state index in [1.165, 1.54) is 23.4 Å². The van der Waals surface area contributed by atoms with Crippen LogP contribution in [-0.2, 0) is 15.6 Å². The van der Waals surface area contributed by atoms with Gasteiger partial charge in [0.2, 0.25) is 0 Å². The van der Waals surface area contributed by atoms with Crippen LogP contribution in [-0.4, -0.2) is 14.7 Å². The zero-order valence-corrected chi connectivity index (χ0v) is 13.1. The monoisotopic (exact) mass is 307 g/mol. The minimum absolute atomic E-state index is 0.259. The molecule has 106 valence electrons. The Bertz CT molecular complexity index is 724. The predicted octanol–water partition coefficient (Wildman–Crippen LogP) is 3.27. The largest absolute Gasteiger partial charge is 0.398 e. The summed E-state index contributed by atoms with van der Waals surface area (Å²) in [5.74, 6) is 0.815. The normalized spacial score (nSPS) is 11.5. The number of thioether (sulfide) groups is 1. The van der Waals surface area contributed by atoms with Gasteiger partial charge in [-0.15, -0.1) is 11.8 Å². The maximum absolute atomic E-state index is 11.5. The first kappa shape index (κ1) is 14.9. The second-order valence-corrected chi connectivity index (χ2v) is 7.72. The average Bonchev–Trinajstić information content (AvgIpc) is 2.38. The lowest BCUT2D eigenvalue weighted by Gasteiger charge is -2.09. The van der Waals surface area contributed by atoms with Gasteiger partial charge in [0.15, 0.2) is 9.84 Å². The van der Waals surface area contributed by atoms with Gasteiger partial charge in [-0.05, 0) is 36.2 Å². The van der Waals surface area contributed by atoms with Gasteiger partial charge in [-0.25, -0.2) is 8.42 Å². The lowest BCUT2D eigenvalue weighted by Crippen LogP contribution is -1.99. The molecule has 0 saturated heterocycles. The first-order valence-corrected chi connectivity index (χ1v) is 9.02. The fourth-order valence-electron chi connectivity index (χ4n) is 1.82. The fourth-order valence-corrected chi connectivity index (χ4v) is 3.50. The molecule has 0 saturated carbocycles. The molecular weight excluding hydrogens is 290 g/mol. The average molecular weight is 307 g/mol. The Balaban J connectivity index is 2.17. The van der Waals surface area contributed by atoms with Gasteiger partial charge in [0, 0.05) is 22.6 Å². The predicted molar refractivity (Wildman–Crippen MR) is 84.7 cm³/mol. The van der Waals surface area contributed by atoms with Crippen molar-refractivity contribution in [1.82, 2.24) is 0 Å². The van der Waals surface area contributed by atoms with E-state index in [-0.39, 0.29) is 4.90 Å². The summed E-state index contributed by atoms with van der Waals surface area (Å²) < 4.78 is 22.9. The van der Waals surface area contributed by atoms with Crippen LogP contribution in [0, 0.1) is 6.92 Å². The molecule has 5 heteroatoms. The van der Waals surface area contributed by atoms with Gasteiger partial charge >= 0.3 is 0 Å². The molecule has 2 rings (SSSR count). The topological polar surface area (TPSA) is 60.2 Å². The maximum atomic E-state index is 11.5. The number of nitrogen functional groups attached to an aromatic ring is 1. The molecule has 0 heterocycles. The molecule has 0 spiro atoms. The first-order chi connectivity index (χ1) is 9.38. The van der Waals surface area contributed by atoms with Crippen LogP contribution in [0.4, 0.5) is 5.69 Å². The van der Waals surface area contributed by atoms with E-state index in [9.17, 15) is 8.42 Å². The maximum Gasteiger partial charge on any atom is 0.175 e. The minimum Gasteiger partial charge on any atom is -0.398 e. The van der Waals surface area contributed by atoms with Gasteiger partial charge in [0.25, 0.3) is 0 Å². The molecule has 0 aliphatic carbocycles. The highest BCUT2D eigenvalue weighted by atomic mass is 32.2. The summed E-state index contributed by atoms with van der Waals surface area (Å²) >= 11 is 1.61. The number of sulfone groups is 1. The SMILES string of the molecule is Cc1ccccc1CSc1ccc(S(C)(=O)=O)cc1N. The molecular formula is C15H17NO2S2. The molecule has 20 heavy (non-hydrogen) atoms. The van der Waals surface area contributed by atoms with E-state index in [1.54, 1.807) is 23.9 Å². The molecule has 0 aromatic heterocycles. The Hall–Kier alpha value is -1.46. The molecule has 0 amide bonds. The summed E-state index contributed by atoms with van der Waals surface area (Å²) in [6, 6.07) is 13.1. The minimum atomic E-state index is -3.21. The molecule has 0 unspecified atom stereocenters. The number of hydrogen-bond donors (Lipinski definition) is 1. The number of anilines is 1. The van der Waals surface area contributed by atoms with Crippen molar-refractivity contribution in [1.29, 1.82) is 0 Å². The second-order valence-electron chi connectivity index (χ2n) is 4.69. The summed E-state index contributed by atoms with van der Waals surface area (Å²) in [5.41, 5.74) is 8.94. The number of hydrogen-bond acceptors (Lipinski definition) is 4. The van der Waals surface area contributed by atoms with Crippen LogP contribution >= 0.6 is 11.8 Å². The summed E-state index contributed by atoms with van der Waals surface area (Å²) in [5, 5.41) is 0. The third kappa shape index (κ3) is 3.55. The van der Waals surface area contributed by atoms with Gasteiger partial charge in [-0.2, -0.15) is 0 Å². The Morgan fingerprint density at radius 1 is 1.15 bits per heavy atom. The lowest BCUT2D eigenvalue weighted by molar-refractivity contribution is 0.602. The van der Waals surface area contributed by atoms with Crippen LogP contribution in [0.1, 0.15) is 11.1 Å². The van der Waals surface area contributed by atoms with E-state index < -0.39 is 9.84 Å². The van der Waals surface area contributed by atoms with Crippen molar-refractivity contribution in [3.05, 3.63) is 53.6 Å². The third-order valence-electron chi connectivity index (χ3n) is 3.05. The molecule has 0 aliphatic rings. The molecule has 0 atom stereocenters. The van der Waals surface area contributed by atoms with E-state index in [0.29, 0.717) is 5.69 Å². The van der Waals surface area contributed by atoms with Crippen LogP contribution in [0.5, 0.6) is 0 Å². The van der Waals surface area contributed by atoms with Crippen LogP contribution in [0.2, 0.25) is 0 Å². The van der Waals surface area contributed by atoms with Gasteiger partial charge in [0.05, 0.1) is 4.90 Å². The van der Waals surface area contributed by atoms with Gasteiger partial charge < -0.3 is 5.73 Å². The van der Waals surface area contributed by atoms with Crippen molar-refractivity contribution < 1.29 is 8.42 Å². The molecule has 3 nitrogen and oxygen atoms in total. The number of benzene rings is 2. The molecule has 2 N–H and O–H groups in total. The highest BCUT2D eigenvalue weighted by Crippen LogP contribution is 2.30. The van der Waals surface area contributed by atoms with E-state index in [4.69, 9.17) is 5.73 Å². The molecule has 0 radical (unpaired) electrons. The number of rotatable bonds is 4. The van der Waals surface area contributed by atoms with Crippen LogP contribution in [0.3, 0.4) is 0 Å². The van der Waals surface area contributed by atoms with Crippen molar-refractivity contribution in [2.24, 2.45) is 0 Å². The van der Waals surface area contributed by atoms with Crippen LogP contribution in [0.25, 0.3) is 0 Å². The molecule has 0 bridgehead atoms. The van der Waals surface area contributed by atoms with Crippen molar-refractivity contribution in [2.45, 2.75) is 22.5 Å². The van der Waals surface area contributed by atoms with Crippen LogP contribution < -0.4 is 5.73 Å². The highest BCUT2D eigenvalue weighted by molar-refractivity contribution is 7.98. The van der Waals surface area contributed by atoms with Gasteiger partial charge in [0.1, 0.15) is 0 Å². The quantitative estimate of drug-likeness (QED) is 0.695. The van der Waals surface area contributed by atoms with Crippen molar-refractivity contribution in [3.8, 4) is 0 Å². The van der Waals surface area contributed by atoms with E-state index in [0.717, 1.165) is 10.6 Å². The molecule has 0 aliphatic heterocycles.